The van der Waals surface area contributed by atoms with Gasteiger partial charge in [-0.05, 0) is 31.0 Å². The molecule has 1 fully saturated rings. The molecule has 0 bridgehead atoms. The fraction of sp³-hybridized carbons (Fsp3) is 0.467. The van der Waals surface area contributed by atoms with Gasteiger partial charge in [0.05, 0.1) is 16.6 Å². The summed E-state index contributed by atoms with van der Waals surface area (Å²) in [6, 6.07) is 4.71. The van der Waals surface area contributed by atoms with E-state index >= 15 is 0 Å². The van der Waals surface area contributed by atoms with Gasteiger partial charge in [0.1, 0.15) is 0 Å². The molecule has 0 aliphatic heterocycles. The molecule has 5 nitrogen and oxygen atoms in total. The number of carbonyl (C=O) groups excluding carboxylic acids is 2. The lowest BCUT2D eigenvalue weighted by atomic mass is 9.96. The molecule has 0 aromatic heterocycles. The molecule has 1 saturated carbocycles. The highest BCUT2D eigenvalue weighted by atomic mass is 35.5. The maximum atomic E-state index is 11.8. The van der Waals surface area contributed by atoms with Crippen molar-refractivity contribution in [2.24, 2.45) is 0 Å². The largest absolute Gasteiger partial charge is 0.335 e. The molecule has 3 amide bonds. The second kappa shape index (κ2) is 8.25. The highest BCUT2D eigenvalue weighted by Gasteiger charge is 2.15. The summed E-state index contributed by atoms with van der Waals surface area (Å²) in [5, 5.41) is 8.87. The van der Waals surface area contributed by atoms with E-state index in [1.54, 1.807) is 18.2 Å². The first-order valence-electron chi connectivity index (χ1n) is 7.34. The number of hydrogen-bond acceptors (Lipinski definition) is 2. The van der Waals surface area contributed by atoms with Crippen molar-refractivity contribution in [1.82, 2.24) is 10.6 Å². The van der Waals surface area contributed by atoms with E-state index in [-0.39, 0.29) is 24.5 Å². The van der Waals surface area contributed by atoms with Gasteiger partial charge < -0.3 is 16.0 Å². The molecule has 3 N–H and O–H groups in total. The summed E-state index contributed by atoms with van der Waals surface area (Å²) in [4.78, 5) is 23.5. The van der Waals surface area contributed by atoms with E-state index in [0.29, 0.717) is 15.7 Å². The summed E-state index contributed by atoms with van der Waals surface area (Å²) in [5.74, 6) is -0.322. The van der Waals surface area contributed by atoms with Gasteiger partial charge in [-0.2, -0.15) is 0 Å². The van der Waals surface area contributed by atoms with Crippen molar-refractivity contribution < 1.29 is 9.59 Å². The van der Waals surface area contributed by atoms with E-state index < -0.39 is 0 Å². The SMILES string of the molecule is O=C(CNC(=O)NC1CCCCC1)Nc1ccc(Cl)c(Cl)c1. The quantitative estimate of drug-likeness (QED) is 0.782. The van der Waals surface area contributed by atoms with Crippen molar-refractivity contribution in [3.05, 3.63) is 28.2 Å². The fourth-order valence-electron chi connectivity index (χ4n) is 2.42. The standard InChI is InChI=1S/C15H19Cl2N3O2/c16-12-7-6-11(8-13(12)17)19-14(21)9-18-15(22)20-10-4-2-1-3-5-10/h6-8,10H,1-5,9H2,(H,19,21)(H2,18,20,22). The summed E-state index contributed by atoms with van der Waals surface area (Å²) in [6.45, 7) is -0.0984. The molecule has 2 rings (SSSR count). The van der Waals surface area contributed by atoms with Crippen molar-refractivity contribution in [2.45, 2.75) is 38.1 Å². The first-order valence-corrected chi connectivity index (χ1v) is 8.09. The number of urea groups is 1. The monoisotopic (exact) mass is 343 g/mol. The van der Waals surface area contributed by atoms with Crippen LogP contribution in [0, 0.1) is 0 Å². The van der Waals surface area contributed by atoms with Crippen LogP contribution in [-0.4, -0.2) is 24.5 Å². The van der Waals surface area contributed by atoms with Gasteiger partial charge in [-0.3, -0.25) is 4.79 Å². The second-order valence-corrected chi connectivity index (χ2v) is 6.15. The summed E-state index contributed by atoms with van der Waals surface area (Å²) >= 11 is 11.7. The van der Waals surface area contributed by atoms with Crippen LogP contribution >= 0.6 is 23.2 Å². The summed E-state index contributed by atoms with van der Waals surface area (Å²) in [7, 11) is 0. The lowest BCUT2D eigenvalue weighted by molar-refractivity contribution is -0.115. The number of nitrogens with one attached hydrogen (secondary N) is 3. The zero-order valence-corrected chi connectivity index (χ0v) is 13.6. The molecule has 0 radical (unpaired) electrons. The van der Waals surface area contributed by atoms with Gasteiger partial charge in [0.2, 0.25) is 5.91 Å². The third-order valence-electron chi connectivity index (χ3n) is 3.55. The molecule has 0 atom stereocenters. The predicted molar refractivity (Wildman–Crippen MR) is 88.5 cm³/mol. The van der Waals surface area contributed by atoms with E-state index in [4.69, 9.17) is 23.2 Å². The maximum absolute atomic E-state index is 11.8. The molecule has 1 aliphatic rings. The number of anilines is 1. The second-order valence-electron chi connectivity index (χ2n) is 5.34. The number of amides is 3. The zero-order chi connectivity index (χ0) is 15.9. The van der Waals surface area contributed by atoms with E-state index in [9.17, 15) is 9.59 Å². The van der Waals surface area contributed by atoms with Crippen LogP contribution in [0.5, 0.6) is 0 Å². The van der Waals surface area contributed by atoms with Gasteiger partial charge in [0.25, 0.3) is 0 Å². The molecular weight excluding hydrogens is 325 g/mol. The van der Waals surface area contributed by atoms with E-state index in [1.165, 1.54) is 6.42 Å². The van der Waals surface area contributed by atoms with Gasteiger partial charge in [-0.15, -0.1) is 0 Å². The average Bonchev–Trinajstić information content (AvgIpc) is 2.50. The molecule has 22 heavy (non-hydrogen) atoms. The van der Waals surface area contributed by atoms with Crippen molar-refractivity contribution >= 4 is 40.8 Å². The lowest BCUT2D eigenvalue weighted by Gasteiger charge is -2.22. The van der Waals surface area contributed by atoms with Gasteiger partial charge in [0, 0.05) is 11.7 Å². The van der Waals surface area contributed by atoms with Gasteiger partial charge in [-0.1, -0.05) is 42.5 Å². The smallest absolute Gasteiger partial charge is 0.315 e. The minimum absolute atomic E-state index is 0.0984. The Kier molecular flexibility index (Phi) is 6.34. The number of hydrogen-bond donors (Lipinski definition) is 3. The first kappa shape index (κ1) is 16.9. The number of halogens is 2. The summed E-state index contributed by atoms with van der Waals surface area (Å²) in [5.41, 5.74) is 0.536. The number of rotatable bonds is 4. The lowest BCUT2D eigenvalue weighted by Crippen LogP contribution is -2.45. The zero-order valence-electron chi connectivity index (χ0n) is 12.1. The van der Waals surface area contributed by atoms with Crippen LogP contribution in [-0.2, 0) is 4.79 Å². The molecule has 120 valence electrons. The molecule has 0 spiro atoms. The normalized spacial score (nSPS) is 15.2. The van der Waals surface area contributed by atoms with Crippen LogP contribution in [0.25, 0.3) is 0 Å². The molecule has 0 heterocycles. The van der Waals surface area contributed by atoms with Crippen molar-refractivity contribution in [1.29, 1.82) is 0 Å². The summed E-state index contributed by atoms with van der Waals surface area (Å²) < 4.78 is 0. The van der Waals surface area contributed by atoms with Crippen LogP contribution in [0.15, 0.2) is 18.2 Å². The van der Waals surface area contributed by atoms with Gasteiger partial charge in [0.15, 0.2) is 0 Å². The highest BCUT2D eigenvalue weighted by molar-refractivity contribution is 6.42. The number of benzene rings is 1. The van der Waals surface area contributed by atoms with Crippen LogP contribution in [0.4, 0.5) is 10.5 Å². The van der Waals surface area contributed by atoms with Gasteiger partial charge >= 0.3 is 6.03 Å². The van der Waals surface area contributed by atoms with E-state index in [2.05, 4.69) is 16.0 Å². The van der Waals surface area contributed by atoms with Crippen molar-refractivity contribution in [3.8, 4) is 0 Å². The molecule has 0 unspecified atom stereocenters. The van der Waals surface area contributed by atoms with Crippen molar-refractivity contribution in [3.63, 3.8) is 0 Å². The van der Waals surface area contributed by atoms with Crippen LogP contribution in [0.2, 0.25) is 10.0 Å². The average molecular weight is 344 g/mol. The van der Waals surface area contributed by atoms with E-state index in [0.717, 1.165) is 25.7 Å². The Morgan fingerprint density at radius 1 is 1.09 bits per heavy atom. The third-order valence-corrected chi connectivity index (χ3v) is 4.29. The third kappa shape index (κ3) is 5.39. The molecule has 1 aliphatic carbocycles. The maximum Gasteiger partial charge on any atom is 0.315 e. The van der Waals surface area contributed by atoms with E-state index in [1.807, 2.05) is 0 Å². The topological polar surface area (TPSA) is 70.2 Å². The fourth-order valence-corrected chi connectivity index (χ4v) is 2.72. The number of carbonyl (C=O) groups is 2. The molecular formula is C15H19Cl2N3O2. The Morgan fingerprint density at radius 2 is 1.82 bits per heavy atom. The van der Waals surface area contributed by atoms with Crippen LogP contribution in [0.3, 0.4) is 0 Å². The minimum atomic E-state index is -0.322. The van der Waals surface area contributed by atoms with Crippen molar-refractivity contribution in [2.75, 3.05) is 11.9 Å². The Bertz CT molecular complexity index is 546. The molecule has 7 heteroatoms. The van der Waals surface area contributed by atoms with Crippen LogP contribution in [0.1, 0.15) is 32.1 Å². The minimum Gasteiger partial charge on any atom is -0.335 e. The Hall–Kier alpha value is -1.46. The first-order chi connectivity index (χ1) is 10.5. The summed E-state index contributed by atoms with van der Waals surface area (Å²) in [6.07, 6.45) is 5.52. The van der Waals surface area contributed by atoms with Crippen LogP contribution < -0.4 is 16.0 Å². The molecule has 1 aromatic carbocycles. The predicted octanol–water partition coefficient (Wildman–Crippen LogP) is 3.56. The molecule has 1 aromatic rings. The highest BCUT2D eigenvalue weighted by Crippen LogP contribution is 2.24. The Morgan fingerprint density at radius 3 is 2.50 bits per heavy atom. The molecule has 0 saturated heterocycles. The van der Waals surface area contributed by atoms with Gasteiger partial charge in [-0.25, -0.2) is 4.79 Å². The Balaban J connectivity index is 1.72. The Labute approximate surface area is 139 Å².